The Labute approximate surface area is 148 Å². The van der Waals surface area contributed by atoms with Gasteiger partial charge in [0.2, 0.25) is 0 Å². The normalized spacial score (nSPS) is 15.9. The van der Waals surface area contributed by atoms with Gasteiger partial charge in [-0.3, -0.25) is 9.69 Å². The van der Waals surface area contributed by atoms with Gasteiger partial charge in [-0.25, -0.2) is 0 Å². The number of rotatable bonds is 5. The Morgan fingerprint density at radius 2 is 1.83 bits per heavy atom. The van der Waals surface area contributed by atoms with Crippen LogP contribution in [0.4, 0.5) is 0 Å². The molecular formula is C20H20N2OS. The van der Waals surface area contributed by atoms with Crippen molar-refractivity contribution in [2.24, 2.45) is 0 Å². The van der Waals surface area contributed by atoms with Gasteiger partial charge in [-0.05, 0) is 47.5 Å². The third kappa shape index (κ3) is 3.54. The van der Waals surface area contributed by atoms with Crippen molar-refractivity contribution in [2.75, 3.05) is 6.54 Å². The van der Waals surface area contributed by atoms with E-state index < -0.39 is 0 Å². The molecule has 1 amide bonds. The van der Waals surface area contributed by atoms with Gasteiger partial charge in [0, 0.05) is 6.54 Å². The fraction of sp³-hybridized carbons (Fsp3) is 0.200. The summed E-state index contributed by atoms with van der Waals surface area (Å²) >= 11 is 5.28. The molecule has 24 heavy (non-hydrogen) atoms. The first kappa shape index (κ1) is 16.4. The van der Waals surface area contributed by atoms with E-state index in [1.54, 1.807) is 4.90 Å². The van der Waals surface area contributed by atoms with Gasteiger partial charge in [-0.2, -0.15) is 0 Å². The molecule has 4 heteroatoms. The number of thiocarbonyl (C=S) groups is 1. The Bertz CT molecular complexity index is 783. The summed E-state index contributed by atoms with van der Waals surface area (Å²) in [4.78, 5) is 14.1. The van der Waals surface area contributed by atoms with Crippen LogP contribution in [-0.2, 0) is 4.79 Å². The second-order valence-electron chi connectivity index (χ2n) is 5.79. The summed E-state index contributed by atoms with van der Waals surface area (Å²) in [6, 6.07) is 18.3. The minimum Gasteiger partial charge on any atom is -0.328 e. The third-order valence-corrected chi connectivity index (χ3v) is 4.32. The molecule has 0 bridgehead atoms. The molecule has 1 saturated heterocycles. The smallest absolute Gasteiger partial charge is 0.276 e. The Morgan fingerprint density at radius 1 is 1.08 bits per heavy atom. The SMILES string of the molecule is CCCCN1C(=O)/C(=C\c2cccc(-c3ccccc3)c2)NC1=S. The van der Waals surface area contributed by atoms with Crippen LogP contribution < -0.4 is 5.32 Å². The number of carbonyl (C=O) groups is 1. The Hall–Kier alpha value is -2.46. The topological polar surface area (TPSA) is 32.3 Å². The lowest BCUT2D eigenvalue weighted by atomic mass is 10.0. The number of unbranched alkanes of at least 4 members (excludes halogenated alkanes) is 1. The van der Waals surface area contributed by atoms with Crippen molar-refractivity contribution in [2.45, 2.75) is 19.8 Å². The van der Waals surface area contributed by atoms with E-state index in [9.17, 15) is 4.79 Å². The molecule has 1 aliphatic heterocycles. The first-order chi connectivity index (χ1) is 11.7. The van der Waals surface area contributed by atoms with Crippen molar-refractivity contribution >= 4 is 29.3 Å². The maximum Gasteiger partial charge on any atom is 0.276 e. The highest BCUT2D eigenvalue weighted by atomic mass is 32.1. The highest BCUT2D eigenvalue weighted by Gasteiger charge is 2.29. The van der Waals surface area contributed by atoms with Gasteiger partial charge in [0.15, 0.2) is 5.11 Å². The number of nitrogens with one attached hydrogen (secondary N) is 1. The third-order valence-electron chi connectivity index (χ3n) is 4.00. The van der Waals surface area contributed by atoms with Gasteiger partial charge >= 0.3 is 0 Å². The van der Waals surface area contributed by atoms with E-state index in [0.717, 1.165) is 29.5 Å². The summed E-state index contributed by atoms with van der Waals surface area (Å²) < 4.78 is 0. The van der Waals surface area contributed by atoms with Gasteiger partial charge in [0.05, 0.1) is 0 Å². The molecule has 0 spiro atoms. The second kappa shape index (κ2) is 7.41. The van der Waals surface area contributed by atoms with Crippen molar-refractivity contribution in [3.63, 3.8) is 0 Å². The van der Waals surface area contributed by atoms with Crippen molar-refractivity contribution in [3.8, 4) is 11.1 Å². The zero-order chi connectivity index (χ0) is 16.9. The fourth-order valence-corrected chi connectivity index (χ4v) is 2.98. The van der Waals surface area contributed by atoms with Crippen LogP contribution in [0.2, 0.25) is 0 Å². The molecule has 0 aliphatic carbocycles. The monoisotopic (exact) mass is 336 g/mol. The number of amides is 1. The molecule has 1 aliphatic rings. The van der Waals surface area contributed by atoms with Gasteiger partial charge in [0.1, 0.15) is 5.70 Å². The Balaban J connectivity index is 1.84. The number of nitrogens with zero attached hydrogens (tertiary/aromatic N) is 1. The zero-order valence-electron chi connectivity index (χ0n) is 13.7. The largest absolute Gasteiger partial charge is 0.328 e. The van der Waals surface area contributed by atoms with Crippen LogP contribution in [0.25, 0.3) is 17.2 Å². The minimum atomic E-state index is -0.0430. The summed E-state index contributed by atoms with van der Waals surface area (Å²) in [6.07, 6.45) is 3.85. The van der Waals surface area contributed by atoms with Crippen LogP contribution in [0.15, 0.2) is 60.3 Å². The predicted octanol–water partition coefficient (Wildman–Crippen LogP) is 4.21. The molecule has 0 atom stereocenters. The molecule has 0 saturated carbocycles. The number of hydrogen-bond donors (Lipinski definition) is 1. The van der Waals surface area contributed by atoms with Crippen molar-refractivity contribution < 1.29 is 4.79 Å². The lowest BCUT2D eigenvalue weighted by Crippen LogP contribution is -2.31. The molecule has 122 valence electrons. The lowest BCUT2D eigenvalue weighted by molar-refractivity contribution is -0.122. The number of benzene rings is 2. The van der Waals surface area contributed by atoms with Crippen molar-refractivity contribution in [1.82, 2.24) is 10.2 Å². The van der Waals surface area contributed by atoms with Gasteiger partial charge in [-0.1, -0.05) is 61.9 Å². The first-order valence-electron chi connectivity index (χ1n) is 8.19. The molecule has 0 radical (unpaired) electrons. The van der Waals surface area contributed by atoms with E-state index in [0.29, 0.717) is 17.4 Å². The van der Waals surface area contributed by atoms with E-state index in [-0.39, 0.29) is 5.91 Å². The highest BCUT2D eigenvalue weighted by Crippen LogP contribution is 2.22. The Kier molecular flexibility index (Phi) is 5.06. The molecule has 0 aromatic heterocycles. The van der Waals surface area contributed by atoms with E-state index in [1.807, 2.05) is 36.4 Å². The molecule has 1 heterocycles. The van der Waals surface area contributed by atoms with Crippen LogP contribution in [0.5, 0.6) is 0 Å². The summed E-state index contributed by atoms with van der Waals surface area (Å²) in [5, 5.41) is 3.54. The molecule has 3 nitrogen and oxygen atoms in total. The standard InChI is InChI=1S/C20H20N2OS/c1-2-3-12-22-19(23)18(21-20(22)24)14-15-8-7-11-17(13-15)16-9-5-4-6-10-16/h4-11,13-14H,2-3,12H2,1H3,(H,21,24)/b18-14+. The van der Waals surface area contributed by atoms with Gasteiger partial charge < -0.3 is 5.32 Å². The van der Waals surface area contributed by atoms with Crippen LogP contribution >= 0.6 is 12.2 Å². The maximum absolute atomic E-state index is 12.5. The summed E-state index contributed by atoms with van der Waals surface area (Å²) in [7, 11) is 0. The molecular weight excluding hydrogens is 316 g/mol. The quantitative estimate of drug-likeness (QED) is 0.656. The van der Waals surface area contributed by atoms with Crippen LogP contribution in [-0.4, -0.2) is 22.5 Å². The molecule has 1 fully saturated rings. The average Bonchev–Trinajstić information content (AvgIpc) is 2.87. The van der Waals surface area contributed by atoms with Crippen molar-refractivity contribution in [3.05, 3.63) is 65.9 Å². The molecule has 3 rings (SSSR count). The van der Waals surface area contributed by atoms with E-state index in [1.165, 1.54) is 0 Å². The lowest BCUT2D eigenvalue weighted by Gasteiger charge is -2.12. The van der Waals surface area contributed by atoms with Crippen LogP contribution in [0.3, 0.4) is 0 Å². The Morgan fingerprint density at radius 3 is 2.58 bits per heavy atom. The molecule has 0 unspecified atom stereocenters. The van der Waals surface area contributed by atoms with E-state index >= 15 is 0 Å². The number of carbonyl (C=O) groups excluding carboxylic acids is 1. The average molecular weight is 336 g/mol. The highest BCUT2D eigenvalue weighted by molar-refractivity contribution is 7.80. The summed E-state index contributed by atoms with van der Waals surface area (Å²) in [5.74, 6) is -0.0430. The zero-order valence-corrected chi connectivity index (χ0v) is 14.5. The first-order valence-corrected chi connectivity index (χ1v) is 8.60. The fourth-order valence-electron chi connectivity index (χ4n) is 2.70. The number of hydrogen-bond acceptors (Lipinski definition) is 2. The molecule has 2 aromatic rings. The minimum absolute atomic E-state index is 0.0430. The van der Waals surface area contributed by atoms with Gasteiger partial charge in [-0.15, -0.1) is 0 Å². The summed E-state index contributed by atoms with van der Waals surface area (Å²) in [5.41, 5.74) is 3.80. The predicted molar refractivity (Wildman–Crippen MR) is 102 cm³/mol. The van der Waals surface area contributed by atoms with Crippen LogP contribution in [0.1, 0.15) is 25.3 Å². The second-order valence-corrected chi connectivity index (χ2v) is 6.18. The van der Waals surface area contributed by atoms with Crippen molar-refractivity contribution in [1.29, 1.82) is 0 Å². The van der Waals surface area contributed by atoms with Gasteiger partial charge in [0.25, 0.3) is 5.91 Å². The molecule has 2 aromatic carbocycles. The maximum atomic E-state index is 12.5. The molecule has 1 N–H and O–H groups in total. The van der Waals surface area contributed by atoms with E-state index in [4.69, 9.17) is 12.2 Å². The van der Waals surface area contributed by atoms with Crippen LogP contribution in [0, 0.1) is 0 Å². The van der Waals surface area contributed by atoms with E-state index in [2.05, 4.69) is 36.5 Å². The summed E-state index contributed by atoms with van der Waals surface area (Å²) in [6.45, 7) is 2.77.